The van der Waals surface area contributed by atoms with Gasteiger partial charge in [0.25, 0.3) is 0 Å². The maximum Gasteiger partial charge on any atom is 0.314 e. The number of halogens is 2. The monoisotopic (exact) mass is 346 g/mol. The van der Waals surface area contributed by atoms with Gasteiger partial charge in [0.05, 0.1) is 20.1 Å². The lowest BCUT2D eigenvalue weighted by atomic mass is 10.3. The van der Waals surface area contributed by atoms with E-state index in [4.69, 9.17) is 0 Å². The van der Waals surface area contributed by atoms with Gasteiger partial charge >= 0.3 is 5.69 Å². The predicted octanol–water partition coefficient (Wildman–Crippen LogP) is 2.70. The molecule has 0 atom stereocenters. The van der Waals surface area contributed by atoms with Crippen LogP contribution in [0.5, 0.6) is 0 Å². The molecule has 0 amide bonds. The van der Waals surface area contributed by atoms with Crippen molar-refractivity contribution in [3.63, 3.8) is 0 Å². The van der Waals surface area contributed by atoms with Crippen molar-refractivity contribution in [2.75, 3.05) is 0 Å². The lowest BCUT2D eigenvalue weighted by molar-refractivity contribution is -0.385. The molecule has 0 radical (unpaired) electrons. The second kappa shape index (κ2) is 4.30. The fourth-order valence-corrected chi connectivity index (χ4v) is 1.99. The van der Waals surface area contributed by atoms with Crippen LogP contribution in [0.2, 0.25) is 0 Å². The molecule has 2 rings (SSSR count). The largest absolute Gasteiger partial charge is 0.314 e. The van der Waals surface area contributed by atoms with E-state index in [0.717, 1.165) is 4.47 Å². The van der Waals surface area contributed by atoms with Crippen LogP contribution < -0.4 is 0 Å². The first kappa shape index (κ1) is 11.2. The number of hydrogen-bond donors (Lipinski definition) is 0. The van der Waals surface area contributed by atoms with Crippen molar-refractivity contribution in [2.45, 2.75) is 0 Å². The molecule has 2 heterocycles. The van der Waals surface area contributed by atoms with Gasteiger partial charge in [-0.05, 0) is 31.9 Å². The molecule has 0 saturated heterocycles. The van der Waals surface area contributed by atoms with Crippen LogP contribution in [-0.2, 0) is 0 Å². The molecule has 2 aromatic rings. The highest BCUT2D eigenvalue weighted by atomic mass is 79.9. The number of pyridine rings is 1. The summed E-state index contributed by atoms with van der Waals surface area (Å²) in [7, 11) is 0. The molecule has 82 valence electrons. The molecule has 0 unspecified atom stereocenters. The van der Waals surface area contributed by atoms with Crippen LogP contribution in [0.1, 0.15) is 0 Å². The van der Waals surface area contributed by atoms with Crippen molar-refractivity contribution in [1.29, 1.82) is 0 Å². The summed E-state index contributed by atoms with van der Waals surface area (Å²) < 4.78 is 2.66. The predicted molar refractivity (Wildman–Crippen MR) is 63.4 cm³/mol. The van der Waals surface area contributed by atoms with E-state index >= 15 is 0 Å². The average molecular weight is 348 g/mol. The molecule has 2 aromatic heterocycles. The lowest BCUT2D eigenvalue weighted by Gasteiger charge is -2.04. The van der Waals surface area contributed by atoms with Gasteiger partial charge in [-0.1, -0.05) is 0 Å². The van der Waals surface area contributed by atoms with Gasteiger partial charge in [-0.2, -0.15) is 5.10 Å². The van der Waals surface area contributed by atoms with Gasteiger partial charge in [0.1, 0.15) is 6.20 Å². The van der Waals surface area contributed by atoms with E-state index < -0.39 is 4.92 Å². The number of rotatable bonds is 2. The maximum atomic E-state index is 10.8. The van der Waals surface area contributed by atoms with Crippen LogP contribution in [0.25, 0.3) is 5.69 Å². The van der Waals surface area contributed by atoms with Crippen molar-refractivity contribution < 1.29 is 4.92 Å². The summed E-state index contributed by atoms with van der Waals surface area (Å²) >= 11 is 6.45. The van der Waals surface area contributed by atoms with E-state index in [2.05, 4.69) is 41.9 Å². The fraction of sp³-hybridized carbons (Fsp3) is 0. The van der Waals surface area contributed by atoms with Crippen molar-refractivity contribution in [3.05, 3.63) is 43.8 Å². The summed E-state index contributed by atoms with van der Waals surface area (Å²) in [6.45, 7) is 0. The summed E-state index contributed by atoms with van der Waals surface area (Å²) in [4.78, 5) is 14.1. The Hall–Kier alpha value is -1.28. The summed E-state index contributed by atoms with van der Waals surface area (Å²) in [5.74, 6) is 0. The van der Waals surface area contributed by atoms with Crippen molar-refractivity contribution >= 4 is 37.5 Å². The molecule has 6 nitrogen and oxygen atoms in total. The third-order valence-corrected chi connectivity index (χ3v) is 2.82. The van der Waals surface area contributed by atoms with Gasteiger partial charge in [-0.25, -0.2) is 4.68 Å². The summed E-state index contributed by atoms with van der Waals surface area (Å²) in [5.41, 5.74) is 0.246. The van der Waals surface area contributed by atoms with Gasteiger partial charge in [0.2, 0.25) is 0 Å². The minimum absolute atomic E-state index is 0.107. The van der Waals surface area contributed by atoms with Crippen molar-refractivity contribution in [1.82, 2.24) is 14.8 Å². The number of nitrogens with zero attached hydrogens (tertiary/aromatic N) is 4. The molecule has 0 aromatic carbocycles. The first-order valence-electron chi connectivity index (χ1n) is 4.08. The Morgan fingerprint density at radius 3 is 2.62 bits per heavy atom. The van der Waals surface area contributed by atoms with Crippen LogP contribution in [0.15, 0.2) is 33.7 Å². The van der Waals surface area contributed by atoms with Crippen LogP contribution in [0.3, 0.4) is 0 Å². The smallest absolute Gasteiger partial charge is 0.258 e. The topological polar surface area (TPSA) is 73.8 Å². The quantitative estimate of drug-likeness (QED) is 0.618. The zero-order valence-corrected chi connectivity index (χ0v) is 10.8. The van der Waals surface area contributed by atoms with Crippen molar-refractivity contribution in [2.24, 2.45) is 0 Å². The maximum absolute atomic E-state index is 10.8. The number of aromatic nitrogens is 3. The molecule has 0 fully saturated rings. The molecule has 0 saturated carbocycles. The SMILES string of the molecule is O=[N+]([O-])c1cncc(Br)c1-n1cc(Br)cn1. The zero-order valence-electron chi connectivity index (χ0n) is 7.67. The van der Waals surface area contributed by atoms with E-state index in [9.17, 15) is 10.1 Å². The molecule has 0 spiro atoms. The van der Waals surface area contributed by atoms with Crippen molar-refractivity contribution in [3.8, 4) is 5.69 Å². The van der Waals surface area contributed by atoms with E-state index in [1.165, 1.54) is 17.1 Å². The van der Waals surface area contributed by atoms with Crippen LogP contribution >= 0.6 is 31.9 Å². The molecule has 0 N–H and O–H groups in total. The first-order chi connectivity index (χ1) is 7.59. The molecule has 16 heavy (non-hydrogen) atoms. The van der Waals surface area contributed by atoms with E-state index in [1.807, 2.05) is 0 Å². The second-order valence-electron chi connectivity index (χ2n) is 2.85. The number of hydrogen-bond acceptors (Lipinski definition) is 4. The summed E-state index contributed by atoms with van der Waals surface area (Å²) in [5, 5.41) is 14.8. The Kier molecular flexibility index (Phi) is 3.01. The standard InChI is InChI=1S/C8H4Br2N4O2/c9-5-1-12-13(4-5)8-6(10)2-11-3-7(8)14(15)16/h1-4H. The van der Waals surface area contributed by atoms with E-state index in [0.29, 0.717) is 10.2 Å². The Labute approximate surface area is 107 Å². The van der Waals surface area contributed by atoms with E-state index in [1.54, 1.807) is 12.4 Å². The molecule has 8 heteroatoms. The highest BCUT2D eigenvalue weighted by Crippen LogP contribution is 2.29. The lowest BCUT2D eigenvalue weighted by Crippen LogP contribution is -2.02. The molecule has 0 aliphatic carbocycles. The second-order valence-corrected chi connectivity index (χ2v) is 4.62. The molecule has 0 bridgehead atoms. The Morgan fingerprint density at radius 1 is 1.31 bits per heavy atom. The van der Waals surface area contributed by atoms with Gasteiger partial charge < -0.3 is 0 Å². The van der Waals surface area contributed by atoms with Gasteiger partial charge in [-0.3, -0.25) is 15.1 Å². The third kappa shape index (κ3) is 1.98. The van der Waals surface area contributed by atoms with Crippen LogP contribution in [0.4, 0.5) is 5.69 Å². The number of nitro groups is 1. The molecular weight excluding hydrogens is 344 g/mol. The first-order valence-corrected chi connectivity index (χ1v) is 5.66. The Bertz CT molecular complexity index is 555. The fourth-order valence-electron chi connectivity index (χ4n) is 1.20. The third-order valence-electron chi connectivity index (χ3n) is 1.83. The Morgan fingerprint density at radius 2 is 2.06 bits per heavy atom. The summed E-state index contributed by atoms with van der Waals surface area (Å²) in [6, 6.07) is 0. The summed E-state index contributed by atoms with van der Waals surface area (Å²) in [6.07, 6.45) is 5.86. The highest BCUT2D eigenvalue weighted by Gasteiger charge is 2.19. The highest BCUT2D eigenvalue weighted by molar-refractivity contribution is 9.10. The van der Waals surface area contributed by atoms with E-state index in [-0.39, 0.29) is 5.69 Å². The minimum atomic E-state index is -0.497. The van der Waals surface area contributed by atoms with Crippen LogP contribution in [-0.4, -0.2) is 19.7 Å². The molecular formula is C8H4Br2N4O2. The minimum Gasteiger partial charge on any atom is -0.258 e. The molecule has 0 aliphatic heterocycles. The van der Waals surface area contributed by atoms with Gasteiger partial charge in [-0.15, -0.1) is 0 Å². The van der Waals surface area contributed by atoms with Gasteiger partial charge in [0, 0.05) is 12.4 Å². The Balaban J connectivity index is 2.67. The molecule has 0 aliphatic rings. The average Bonchev–Trinajstić information content (AvgIpc) is 2.64. The zero-order chi connectivity index (χ0) is 11.7. The van der Waals surface area contributed by atoms with Crippen LogP contribution in [0, 0.1) is 10.1 Å². The normalized spacial score (nSPS) is 10.4. The van der Waals surface area contributed by atoms with Gasteiger partial charge in [0.15, 0.2) is 5.69 Å².